The van der Waals surface area contributed by atoms with E-state index in [-0.39, 0.29) is 0 Å². The summed E-state index contributed by atoms with van der Waals surface area (Å²) in [6.45, 7) is 4.74. The molecule has 0 aromatic carbocycles. The van der Waals surface area contributed by atoms with Gasteiger partial charge in [0.2, 0.25) is 0 Å². The fourth-order valence-corrected chi connectivity index (χ4v) is 3.10. The van der Waals surface area contributed by atoms with E-state index in [2.05, 4.69) is 16.8 Å². The number of likely N-dealkylation sites (tertiary alicyclic amines) is 1. The molecule has 2 rings (SSSR count). The fraction of sp³-hybridized carbons (Fsp3) is 0.643. The molecule has 0 amide bonds. The maximum atomic E-state index is 6.18. The third-order valence-electron chi connectivity index (χ3n) is 4.03. The average Bonchev–Trinajstić information content (AvgIpc) is 2.43. The van der Waals surface area contributed by atoms with E-state index in [1.165, 1.54) is 19.3 Å². The highest BCUT2D eigenvalue weighted by Gasteiger charge is 2.27. The van der Waals surface area contributed by atoms with E-state index in [1.807, 2.05) is 6.07 Å². The van der Waals surface area contributed by atoms with Crippen LogP contribution in [0.15, 0.2) is 12.1 Å². The van der Waals surface area contributed by atoms with E-state index in [0.717, 1.165) is 24.7 Å². The van der Waals surface area contributed by atoms with Crippen molar-refractivity contribution in [3.05, 3.63) is 28.0 Å². The van der Waals surface area contributed by atoms with Crippen molar-refractivity contribution in [2.75, 3.05) is 13.1 Å². The molecule has 1 aliphatic rings. The summed E-state index contributed by atoms with van der Waals surface area (Å²) in [5, 5.41) is 1.17. The van der Waals surface area contributed by atoms with Gasteiger partial charge in [0.05, 0.1) is 10.7 Å². The van der Waals surface area contributed by atoms with Gasteiger partial charge in [-0.2, -0.15) is 0 Å². The second-order valence-electron chi connectivity index (χ2n) is 5.22. The van der Waals surface area contributed by atoms with Gasteiger partial charge in [-0.05, 0) is 37.4 Å². The molecule has 0 saturated carbocycles. The maximum Gasteiger partial charge on any atom is 0.129 e. The van der Waals surface area contributed by atoms with E-state index < -0.39 is 0 Å². The second kappa shape index (κ2) is 6.89. The molecule has 5 heteroatoms. The van der Waals surface area contributed by atoms with Crippen molar-refractivity contribution in [3.63, 3.8) is 0 Å². The second-order valence-corrected chi connectivity index (χ2v) is 6.02. The highest BCUT2D eigenvalue weighted by molar-refractivity contribution is 6.32. The summed E-state index contributed by atoms with van der Waals surface area (Å²) in [4.78, 5) is 6.71. The van der Waals surface area contributed by atoms with Gasteiger partial charge in [-0.3, -0.25) is 4.90 Å². The van der Waals surface area contributed by atoms with Gasteiger partial charge in [-0.15, -0.1) is 0 Å². The predicted molar refractivity (Wildman–Crippen MR) is 80.5 cm³/mol. The number of nitrogens with two attached hydrogens (primary N) is 1. The SMILES string of the molecule is CCC1CCN(Cc2nc(Cl)ccc2Cl)C(CN)C1. The Morgan fingerprint density at radius 2 is 2.21 bits per heavy atom. The monoisotopic (exact) mass is 301 g/mol. The lowest BCUT2D eigenvalue weighted by atomic mass is 9.89. The van der Waals surface area contributed by atoms with Crippen molar-refractivity contribution < 1.29 is 0 Å². The Morgan fingerprint density at radius 3 is 2.89 bits per heavy atom. The zero-order chi connectivity index (χ0) is 13.8. The van der Waals surface area contributed by atoms with E-state index in [1.54, 1.807) is 6.07 Å². The van der Waals surface area contributed by atoms with Crippen LogP contribution in [0.4, 0.5) is 0 Å². The first kappa shape index (κ1) is 15.0. The Bertz CT molecular complexity index is 425. The van der Waals surface area contributed by atoms with Crippen molar-refractivity contribution in [2.45, 2.75) is 38.8 Å². The van der Waals surface area contributed by atoms with Crippen LogP contribution >= 0.6 is 23.2 Å². The molecule has 2 atom stereocenters. The minimum absolute atomic E-state index is 0.426. The molecule has 0 radical (unpaired) electrons. The topological polar surface area (TPSA) is 42.2 Å². The Kier molecular flexibility index (Phi) is 5.46. The Morgan fingerprint density at radius 1 is 1.42 bits per heavy atom. The van der Waals surface area contributed by atoms with Crippen molar-refractivity contribution in [1.82, 2.24) is 9.88 Å². The molecule has 1 fully saturated rings. The molecule has 1 aliphatic heterocycles. The molecular formula is C14H21Cl2N3. The molecule has 1 aromatic heterocycles. The van der Waals surface area contributed by atoms with Crippen molar-refractivity contribution in [3.8, 4) is 0 Å². The van der Waals surface area contributed by atoms with Crippen molar-refractivity contribution in [2.24, 2.45) is 11.7 Å². The van der Waals surface area contributed by atoms with Gasteiger partial charge in [0.15, 0.2) is 0 Å². The first-order valence-corrected chi connectivity index (χ1v) is 7.64. The van der Waals surface area contributed by atoms with Crippen LogP contribution in [0.1, 0.15) is 31.9 Å². The minimum atomic E-state index is 0.426. The molecule has 1 aromatic rings. The highest BCUT2D eigenvalue weighted by Crippen LogP contribution is 2.27. The first-order chi connectivity index (χ1) is 9.13. The summed E-state index contributed by atoms with van der Waals surface area (Å²) in [5.74, 6) is 0.799. The number of aromatic nitrogens is 1. The van der Waals surface area contributed by atoms with Crippen LogP contribution in [0.2, 0.25) is 10.2 Å². The molecule has 2 heterocycles. The van der Waals surface area contributed by atoms with Crippen LogP contribution in [-0.4, -0.2) is 29.0 Å². The molecule has 3 nitrogen and oxygen atoms in total. The first-order valence-electron chi connectivity index (χ1n) is 6.89. The van der Waals surface area contributed by atoms with Crippen LogP contribution in [0.25, 0.3) is 0 Å². The van der Waals surface area contributed by atoms with E-state index in [9.17, 15) is 0 Å². The van der Waals surface area contributed by atoms with Gasteiger partial charge >= 0.3 is 0 Å². The number of pyridine rings is 1. The Hall–Kier alpha value is -0.350. The van der Waals surface area contributed by atoms with Gasteiger partial charge in [0.1, 0.15) is 5.15 Å². The summed E-state index contributed by atoms with van der Waals surface area (Å²) in [7, 11) is 0. The molecular weight excluding hydrogens is 281 g/mol. The van der Waals surface area contributed by atoms with E-state index in [0.29, 0.717) is 22.8 Å². The number of hydrogen-bond donors (Lipinski definition) is 1. The lowest BCUT2D eigenvalue weighted by Gasteiger charge is -2.38. The molecule has 0 aliphatic carbocycles. The molecule has 19 heavy (non-hydrogen) atoms. The van der Waals surface area contributed by atoms with Gasteiger partial charge < -0.3 is 5.73 Å². The minimum Gasteiger partial charge on any atom is -0.329 e. The van der Waals surface area contributed by atoms with Crippen molar-refractivity contribution >= 4 is 23.2 Å². The molecule has 2 unspecified atom stereocenters. The molecule has 0 bridgehead atoms. The van der Waals surface area contributed by atoms with E-state index >= 15 is 0 Å². The van der Waals surface area contributed by atoms with Gasteiger partial charge in [0, 0.05) is 19.1 Å². The van der Waals surface area contributed by atoms with Crippen LogP contribution in [-0.2, 0) is 6.54 Å². The Balaban J connectivity index is 2.07. The number of hydrogen-bond acceptors (Lipinski definition) is 3. The molecule has 106 valence electrons. The van der Waals surface area contributed by atoms with Gasteiger partial charge in [0.25, 0.3) is 0 Å². The van der Waals surface area contributed by atoms with Crippen LogP contribution in [0, 0.1) is 5.92 Å². The quantitative estimate of drug-likeness (QED) is 0.867. The third kappa shape index (κ3) is 3.82. The lowest BCUT2D eigenvalue weighted by Crippen LogP contribution is -2.46. The fourth-order valence-electron chi connectivity index (χ4n) is 2.77. The Labute approximate surface area is 125 Å². The number of halogens is 2. The predicted octanol–water partition coefficient (Wildman–Crippen LogP) is 3.34. The summed E-state index contributed by atoms with van der Waals surface area (Å²) < 4.78 is 0. The summed E-state index contributed by atoms with van der Waals surface area (Å²) in [6.07, 6.45) is 3.64. The van der Waals surface area contributed by atoms with Gasteiger partial charge in [-0.1, -0.05) is 36.5 Å². The zero-order valence-corrected chi connectivity index (χ0v) is 12.8. The summed E-state index contributed by atoms with van der Waals surface area (Å²) >= 11 is 12.1. The summed E-state index contributed by atoms with van der Waals surface area (Å²) in [6, 6.07) is 3.95. The molecule has 0 spiro atoms. The van der Waals surface area contributed by atoms with Crippen LogP contribution < -0.4 is 5.73 Å². The van der Waals surface area contributed by atoms with E-state index in [4.69, 9.17) is 28.9 Å². The van der Waals surface area contributed by atoms with Crippen LogP contribution in [0.5, 0.6) is 0 Å². The van der Waals surface area contributed by atoms with Crippen molar-refractivity contribution in [1.29, 1.82) is 0 Å². The van der Waals surface area contributed by atoms with Crippen LogP contribution in [0.3, 0.4) is 0 Å². The van der Waals surface area contributed by atoms with Gasteiger partial charge in [-0.25, -0.2) is 4.98 Å². The molecule has 2 N–H and O–H groups in total. The number of nitrogens with zero attached hydrogens (tertiary/aromatic N) is 2. The summed E-state index contributed by atoms with van der Waals surface area (Å²) in [5.41, 5.74) is 6.76. The maximum absolute atomic E-state index is 6.18. The molecule has 1 saturated heterocycles. The standard InChI is InChI=1S/C14H21Cl2N3/c1-2-10-5-6-19(11(7-10)8-17)9-13-12(15)3-4-14(16)18-13/h3-4,10-11H,2,5-9,17H2,1H3. The smallest absolute Gasteiger partial charge is 0.129 e. The zero-order valence-electron chi connectivity index (χ0n) is 11.3. The number of piperidine rings is 1. The normalized spacial score (nSPS) is 24.6. The lowest BCUT2D eigenvalue weighted by molar-refractivity contribution is 0.106. The highest BCUT2D eigenvalue weighted by atomic mass is 35.5. The number of rotatable bonds is 4. The largest absolute Gasteiger partial charge is 0.329 e. The third-order valence-corrected chi connectivity index (χ3v) is 4.59. The average molecular weight is 302 g/mol.